The molecule has 3 aromatic heterocycles. The summed E-state index contributed by atoms with van der Waals surface area (Å²) in [5.41, 5.74) is -0.242. The summed E-state index contributed by atoms with van der Waals surface area (Å²) in [6, 6.07) is 8.16. The van der Waals surface area contributed by atoms with E-state index < -0.39 is 17.2 Å². The van der Waals surface area contributed by atoms with Crippen LogP contribution in [0, 0.1) is 0 Å². The van der Waals surface area contributed by atoms with E-state index in [2.05, 4.69) is 20.2 Å². The second-order valence-electron chi connectivity index (χ2n) is 6.59. The van der Waals surface area contributed by atoms with Gasteiger partial charge in [0.2, 0.25) is 5.89 Å². The Bertz CT molecular complexity index is 1370. The summed E-state index contributed by atoms with van der Waals surface area (Å²) in [5, 5.41) is 8.46. The van der Waals surface area contributed by atoms with E-state index in [1.807, 2.05) is 6.92 Å². The lowest BCUT2D eigenvalue weighted by atomic mass is 10.2. The number of nitrogens with zero attached hydrogens (tertiary/aromatic N) is 4. The number of H-pyrrole nitrogens is 1. The molecule has 0 fully saturated rings. The molecule has 4 aromatic rings. The molecule has 0 bridgehead atoms. The van der Waals surface area contributed by atoms with Gasteiger partial charge in [0.15, 0.2) is 6.61 Å². The van der Waals surface area contributed by atoms with Crippen molar-refractivity contribution in [3.63, 3.8) is 0 Å². The van der Waals surface area contributed by atoms with Crippen LogP contribution >= 0.6 is 11.6 Å². The van der Waals surface area contributed by atoms with E-state index in [0.717, 1.165) is 0 Å². The van der Waals surface area contributed by atoms with E-state index in [0.29, 0.717) is 23.6 Å². The highest BCUT2D eigenvalue weighted by Gasteiger charge is 2.16. The van der Waals surface area contributed by atoms with Crippen molar-refractivity contribution in [3.8, 4) is 11.5 Å². The molecule has 0 aliphatic rings. The van der Waals surface area contributed by atoms with Crippen LogP contribution in [-0.2, 0) is 17.9 Å². The third-order valence-corrected chi connectivity index (χ3v) is 4.65. The van der Waals surface area contributed by atoms with E-state index in [1.165, 1.54) is 16.8 Å². The van der Waals surface area contributed by atoms with Gasteiger partial charge in [-0.2, -0.15) is 0 Å². The number of carbonyl (C=O) groups excluding carboxylic acids is 1. The minimum atomic E-state index is -0.728. The number of esters is 1. The van der Waals surface area contributed by atoms with Gasteiger partial charge in [-0.1, -0.05) is 18.5 Å². The van der Waals surface area contributed by atoms with E-state index >= 15 is 0 Å². The van der Waals surface area contributed by atoms with Crippen LogP contribution in [0.25, 0.3) is 22.5 Å². The third-order valence-electron chi connectivity index (χ3n) is 4.40. The zero-order valence-electron chi connectivity index (χ0n) is 16.3. The first-order valence-corrected chi connectivity index (χ1v) is 9.72. The van der Waals surface area contributed by atoms with Gasteiger partial charge in [-0.3, -0.25) is 14.3 Å². The van der Waals surface area contributed by atoms with Crippen molar-refractivity contribution in [2.24, 2.45) is 0 Å². The van der Waals surface area contributed by atoms with Gasteiger partial charge in [-0.25, -0.2) is 14.6 Å². The zero-order valence-corrected chi connectivity index (χ0v) is 17.0. The minimum absolute atomic E-state index is 0.0529. The lowest BCUT2D eigenvalue weighted by Crippen LogP contribution is -2.31. The molecule has 1 N–H and O–H groups in total. The van der Waals surface area contributed by atoms with E-state index in [-0.39, 0.29) is 35.0 Å². The Kier molecular flexibility index (Phi) is 5.63. The van der Waals surface area contributed by atoms with Crippen molar-refractivity contribution >= 4 is 28.6 Å². The monoisotopic (exact) mass is 441 g/mol. The maximum absolute atomic E-state index is 12.4. The molecule has 3 heterocycles. The summed E-state index contributed by atoms with van der Waals surface area (Å²) in [4.78, 5) is 42.9. The van der Waals surface area contributed by atoms with Gasteiger partial charge in [-0.05, 0) is 36.8 Å². The van der Waals surface area contributed by atoms with Crippen LogP contribution in [0.3, 0.4) is 0 Å². The second-order valence-corrected chi connectivity index (χ2v) is 7.03. The topological polar surface area (TPSA) is 133 Å². The van der Waals surface area contributed by atoms with Crippen LogP contribution < -0.4 is 11.2 Å². The smallest absolute Gasteiger partial charge is 0.340 e. The van der Waals surface area contributed by atoms with Crippen molar-refractivity contribution < 1.29 is 13.9 Å². The Morgan fingerprint density at radius 3 is 2.74 bits per heavy atom. The van der Waals surface area contributed by atoms with Gasteiger partial charge in [0.05, 0.1) is 10.9 Å². The summed E-state index contributed by atoms with van der Waals surface area (Å²) >= 11 is 5.86. The van der Waals surface area contributed by atoms with Crippen LogP contribution in [0.1, 0.15) is 29.6 Å². The van der Waals surface area contributed by atoms with Crippen molar-refractivity contribution in [2.45, 2.75) is 26.5 Å². The van der Waals surface area contributed by atoms with Crippen molar-refractivity contribution in [1.82, 2.24) is 24.7 Å². The molecule has 0 amide bonds. The van der Waals surface area contributed by atoms with Gasteiger partial charge >= 0.3 is 11.7 Å². The van der Waals surface area contributed by atoms with E-state index in [9.17, 15) is 14.4 Å². The van der Waals surface area contributed by atoms with Crippen molar-refractivity contribution in [1.29, 1.82) is 0 Å². The molecular formula is C20H16ClN5O5. The fraction of sp³-hybridized carbons (Fsp3) is 0.200. The molecule has 0 atom stereocenters. The van der Waals surface area contributed by atoms with Crippen LogP contribution in [-0.4, -0.2) is 30.7 Å². The molecule has 10 nitrogen and oxygen atoms in total. The fourth-order valence-electron chi connectivity index (χ4n) is 2.94. The second kappa shape index (κ2) is 8.52. The molecule has 0 saturated heterocycles. The molecular weight excluding hydrogens is 426 g/mol. The average molecular weight is 442 g/mol. The predicted molar refractivity (Wildman–Crippen MR) is 111 cm³/mol. The first-order chi connectivity index (χ1) is 15.0. The average Bonchev–Trinajstić information content (AvgIpc) is 3.24. The SMILES string of the molecule is CCCn1c(=O)[nH]c(=O)c2cc(C(=O)OCc3nnc(-c4ccc(Cl)cc4)o3)cnc21. The Morgan fingerprint density at radius 2 is 2.00 bits per heavy atom. The molecule has 0 aliphatic heterocycles. The summed E-state index contributed by atoms with van der Waals surface area (Å²) in [6.07, 6.45) is 1.93. The number of aryl methyl sites for hydroxylation is 1. The van der Waals surface area contributed by atoms with Crippen molar-refractivity contribution in [3.05, 3.63) is 73.8 Å². The molecule has 31 heavy (non-hydrogen) atoms. The summed E-state index contributed by atoms with van der Waals surface area (Å²) < 4.78 is 12.0. The molecule has 0 saturated carbocycles. The van der Waals surface area contributed by atoms with Crippen LogP contribution in [0.5, 0.6) is 0 Å². The number of hydrogen-bond acceptors (Lipinski definition) is 8. The highest BCUT2D eigenvalue weighted by atomic mass is 35.5. The third kappa shape index (κ3) is 4.24. The molecule has 0 unspecified atom stereocenters. The highest BCUT2D eigenvalue weighted by Crippen LogP contribution is 2.20. The number of nitrogens with one attached hydrogen (secondary N) is 1. The first kappa shape index (κ1) is 20.5. The minimum Gasteiger partial charge on any atom is -0.452 e. The summed E-state index contributed by atoms with van der Waals surface area (Å²) in [6.45, 7) is 2.02. The molecule has 0 spiro atoms. The van der Waals surface area contributed by atoms with Gasteiger partial charge in [-0.15, -0.1) is 10.2 Å². The van der Waals surface area contributed by atoms with Gasteiger partial charge < -0.3 is 9.15 Å². The number of fused-ring (bicyclic) bond motifs is 1. The maximum atomic E-state index is 12.4. The standard InChI is InChI=1S/C20H16ClN5O5/c1-2-7-26-16-14(17(27)23-20(26)29)8-12(9-22-16)19(28)30-10-15-24-25-18(31-15)11-3-5-13(21)6-4-11/h3-6,8-9H,2,7,10H2,1H3,(H,23,27,29). The van der Waals surface area contributed by atoms with Crippen LogP contribution in [0.15, 0.2) is 50.5 Å². The number of aromatic amines is 1. The first-order valence-electron chi connectivity index (χ1n) is 9.34. The van der Waals surface area contributed by atoms with Crippen molar-refractivity contribution in [2.75, 3.05) is 0 Å². The van der Waals surface area contributed by atoms with Gasteiger partial charge in [0, 0.05) is 23.3 Å². The number of rotatable bonds is 6. The number of carbonyl (C=O) groups is 1. The molecule has 0 radical (unpaired) electrons. The lowest BCUT2D eigenvalue weighted by molar-refractivity contribution is 0.0438. The molecule has 4 rings (SSSR count). The molecule has 0 aliphatic carbocycles. The maximum Gasteiger partial charge on any atom is 0.340 e. The van der Waals surface area contributed by atoms with Crippen LogP contribution in [0.2, 0.25) is 5.02 Å². The quantitative estimate of drug-likeness (QED) is 0.451. The summed E-state index contributed by atoms with van der Waals surface area (Å²) in [7, 11) is 0. The fourth-order valence-corrected chi connectivity index (χ4v) is 3.07. The van der Waals surface area contributed by atoms with Gasteiger partial charge in [0.25, 0.3) is 11.4 Å². The van der Waals surface area contributed by atoms with Gasteiger partial charge in [0.1, 0.15) is 5.65 Å². The Balaban J connectivity index is 1.52. The Hall–Kier alpha value is -3.79. The number of pyridine rings is 1. The number of benzene rings is 1. The van der Waals surface area contributed by atoms with E-state index in [4.69, 9.17) is 20.8 Å². The molecule has 158 valence electrons. The highest BCUT2D eigenvalue weighted by molar-refractivity contribution is 6.30. The normalized spacial score (nSPS) is 11.0. The molecule has 1 aromatic carbocycles. The summed E-state index contributed by atoms with van der Waals surface area (Å²) in [5.74, 6) is -0.370. The Labute approximate surface area is 179 Å². The number of halogens is 1. The zero-order chi connectivity index (χ0) is 22.0. The Morgan fingerprint density at radius 1 is 1.23 bits per heavy atom. The number of hydrogen-bond donors (Lipinski definition) is 1. The lowest BCUT2D eigenvalue weighted by Gasteiger charge is -2.08. The van der Waals surface area contributed by atoms with Crippen LogP contribution in [0.4, 0.5) is 0 Å². The predicted octanol–water partition coefficient (Wildman–Crippen LogP) is 2.56. The van der Waals surface area contributed by atoms with E-state index in [1.54, 1.807) is 24.3 Å². The number of ether oxygens (including phenoxy) is 1. The molecule has 11 heteroatoms. The largest absolute Gasteiger partial charge is 0.452 e. The number of aromatic nitrogens is 5.